The highest BCUT2D eigenvalue weighted by atomic mass is 16.5. The van der Waals surface area contributed by atoms with Gasteiger partial charge >= 0.3 is 0 Å². The van der Waals surface area contributed by atoms with E-state index in [0.29, 0.717) is 63.7 Å². The predicted molar refractivity (Wildman–Crippen MR) is 124 cm³/mol. The van der Waals surface area contributed by atoms with E-state index in [1.54, 1.807) is 6.20 Å². The number of hydrogen-bond acceptors (Lipinski definition) is 9. The number of imidazole rings is 1. The van der Waals surface area contributed by atoms with Gasteiger partial charge in [-0.3, -0.25) is 0 Å². The second-order valence-corrected chi connectivity index (χ2v) is 7.08. The van der Waals surface area contributed by atoms with Crippen molar-refractivity contribution < 1.29 is 9.47 Å². The van der Waals surface area contributed by atoms with Gasteiger partial charge in [0.2, 0.25) is 11.9 Å². The Morgan fingerprint density at radius 1 is 0.875 bits per heavy atom. The Kier molecular flexibility index (Phi) is 10.4. The van der Waals surface area contributed by atoms with Crippen LogP contribution < -0.4 is 16.4 Å². The maximum Gasteiger partial charge on any atom is 0.227 e. The first-order valence-electron chi connectivity index (χ1n) is 10.9. The molecule has 172 valence electrons. The summed E-state index contributed by atoms with van der Waals surface area (Å²) in [5.41, 5.74) is 6.53. The summed E-state index contributed by atoms with van der Waals surface area (Å²) in [6.07, 6.45) is 7.12. The summed E-state index contributed by atoms with van der Waals surface area (Å²) in [6.45, 7) is 4.88. The van der Waals surface area contributed by atoms with Gasteiger partial charge in [-0.05, 0) is 12.0 Å². The van der Waals surface area contributed by atoms with Gasteiger partial charge in [0.05, 0.1) is 32.8 Å². The number of hydrogen-bond donors (Lipinski definition) is 3. The molecular formula is C22H32N8O2. The standard InChI is InChI=1S/C22H32N8O2/c23-7-13-31-15-16-32-14-10-26-22-28-20(17-19-5-2-1-3-6-19)27-21(29-22)25-8-4-11-30-12-9-24-18-30/h1-3,5-6,9,12,18H,4,7-8,10-11,13-17,23H2,(H2,25,26,27,28,29). The molecule has 0 radical (unpaired) electrons. The number of nitrogens with two attached hydrogens (primary N) is 1. The maximum absolute atomic E-state index is 5.55. The molecule has 0 aliphatic carbocycles. The van der Waals surface area contributed by atoms with Crippen molar-refractivity contribution in [3.8, 4) is 0 Å². The van der Waals surface area contributed by atoms with E-state index < -0.39 is 0 Å². The Bertz CT molecular complexity index is 877. The van der Waals surface area contributed by atoms with E-state index in [2.05, 4.69) is 42.7 Å². The van der Waals surface area contributed by atoms with Gasteiger partial charge in [-0.25, -0.2) is 4.98 Å². The minimum absolute atomic E-state index is 0.520. The Balaban J connectivity index is 1.51. The van der Waals surface area contributed by atoms with Gasteiger partial charge in [-0.1, -0.05) is 30.3 Å². The fourth-order valence-electron chi connectivity index (χ4n) is 2.96. The van der Waals surface area contributed by atoms with Gasteiger partial charge in [0.25, 0.3) is 0 Å². The Morgan fingerprint density at radius 2 is 1.62 bits per heavy atom. The molecule has 32 heavy (non-hydrogen) atoms. The first-order chi connectivity index (χ1) is 15.8. The highest BCUT2D eigenvalue weighted by Gasteiger charge is 2.07. The third kappa shape index (κ3) is 8.96. The Morgan fingerprint density at radius 3 is 2.34 bits per heavy atom. The van der Waals surface area contributed by atoms with Gasteiger partial charge < -0.3 is 30.4 Å². The zero-order valence-corrected chi connectivity index (χ0v) is 18.3. The summed E-state index contributed by atoms with van der Waals surface area (Å²) < 4.78 is 12.9. The number of aryl methyl sites for hydroxylation is 1. The van der Waals surface area contributed by atoms with Gasteiger partial charge in [0, 0.05) is 45.0 Å². The number of anilines is 2. The molecule has 0 saturated carbocycles. The first kappa shape index (κ1) is 23.6. The second-order valence-electron chi connectivity index (χ2n) is 7.08. The average molecular weight is 441 g/mol. The summed E-state index contributed by atoms with van der Waals surface area (Å²) in [4.78, 5) is 17.7. The van der Waals surface area contributed by atoms with Crippen LogP contribution >= 0.6 is 0 Å². The molecule has 3 rings (SSSR count). The topological polar surface area (TPSA) is 125 Å². The van der Waals surface area contributed by atoms with Crippen LogP contribution in [0.15, 0.2) is 49.1 Å². The van der Waals surface area contributed by atoms with Gasteiger partial charge in [-0.15, -0.1) is 0 Å². The van der Waals surface area contributed by atoms with E-state index in [1.165, 1.54) is 0 Å². The summed E-state index contributed by atoms with van der Waals surface area (Å²) in [5, 5.41) is 6.54. The van der Waals surface area contributed by atoms with Crippen LogP contribution in [0.2, 0.25) is 0 Å². The normalized spacial score (nSPS) is 10.9. The van der Waals surface area contributed by atoms with E-state index >= 15 is 0 Å². The van der Waals surface area contributed by atoms with E-state index in [4.69, 9.17) is 15.2 Å². The van der Waals surface area contributed by atoms with Crippen molar-refractivity contribution in [1.82, 2.24) is 24.5 Å². The van der Waals surface area contributed by atoms with Crippen LogP contribution in [0.4, 0.5) is 11.9 Å². The van der Waals surface area contributed by atoms with Crippen LogP contribution in [0.1, 0.15) is 17.8 Å². The molecule has 3 aromatic rings. The lowest BCUT2D eigenvalue weighted by Gasteiger charge is -2.11. The molecule has 4 N–H and O–H groups in total. The van der Waals surface area contributed by atoms with Gasteiger partial charge in [0.1, 0.15) is 5.82 Å². The SMILES string of the molecule is NCCOCCOCCNc1nc(Cc2ccccc2)nc(NCCCn2ccnc2)n1. The lowest BCUT2D eigenvalue weighted by Crippen LogP contribution is -2.17. The Hall–Kier alpha value is -3.08. The molecule has 10 nitrogen and oxygen atoms in total. The molecule has 0 spiro atoms. The molecule has 0 saturated heterocycles. The van der Waals surface area contributed by atoms with Crippen LogP contribution in [0, 0.1) is 0 Å². The van der Waals surface area contributed by atoms with E-state index in [1.807, 2.05) is 35.3 Å². The second kappa shape index (κ2) is 14.1. The molecule has 0 bridgehead atoms. The molecule has 1 aromatic carbocycles. The number of rotatable bonds is 16. The Labute approximate surface area is 188 Å². The molecule has 2 aromatic heterocycles. The number of nitrogens with one attached hydrogen (secondary N) is 2. The monoisotopic (exact) mass is 440 g/mol. The van der Waals surface area contributed by atoms with Crippen molar-refractivity contribution in [2.24, 2.45) is 5.73 Å². The molecular weight excluding hydrogens is 408 g/mol. The van der Waals surface area contributed by atoms with E-state index in [-0.39, 0.29) is 0 Å². The lowest BCUT2D eigenvalue weighted by molar-refractivity contribution is 0.0547. The maximum atomic E-state index is 5.55. The highest BCUT2D eigenvalue weighted by Crippen LogP contribution is 2.10. The summed E-state index contributed by atoms with van der Waals surface area (Å²) >= 11 is 0. The fourth-order valence-corrected chi connectivity index (χ4v) is 2.96. The van der Waals surface area contributed by atoms with E-state index in [9.17, 15) is 0 Å². The van der Waals surface area contributed by atoms with Crippen LogP contribution in [0.3, 0.4) is 0 Å². The number of benzene rings is 1. The zero-order chi connectivity index (χ0) is 22.3. The smallest absolute Gasteiger partial charge is 0.227 e. The van der Waals surface area contributed by atoms with Crippen molar-refractivity contribution in [2.75, 3.05) is 56.7 Å². The molecule has 0 aliphatic rings. The minimum Gasteiger partial charge on any atom is -0.378 e. The summed E-state index contributed by atoms with van der Waals surface area (Å²) in [5.74, 6) is 1.81. The van der Waals surface area contributed by atoms with Gasteiger partial charge in [-0.2, -0.15) is 15.0 Å². The van der Waals surface area contributed by atoms with E-state index in [0.717, 1.165) is 25.1 Å². The third-order valence-electron chi connectivity index (χ3n) is 4.49. The largest absolute Gasteiger partial charge is 0.378 e. The average Bonchev–Trinajstić information content (AvgIpc) is 3.33. The van der Waals surface area contributed by atoms with Crippen molar-refractivity contribution in [3.05, 3.63) is 60.4 Å². The highest BCUT2D eigenvalue weighted by molar-refractivity contribution is 5.35. The number of aromatic nitrogens is 5. The molecule has 2 heterocycles. The molecule has 0 fully saturated rings. The number of nitrogens with zero attached hydrogens (tertiary/aromatic N) is 5. The number of ether oxygens (including phenoxy) is 2. The van der Waals surface area contributed by atoms with Crippen molar-refractivity contribution >= 4 is 11.9 Å². The predicted octanol–water partition coefficient (Wildman–Crippen LogP) is 1.56. The van der Waals surface area contributed by atoms with Crippen LogP contribution in [-0.2, 0) is 22.4 Å². The minimum atomic E-state index is 0.520. The van der Waals surface area contributed by atoms with Crippen LogP contribution in [-0.4, -0.2) is 70.6 Å². The van der Waals surface area contributed by atoms with Crippen LogP contribution in [0.5, 0.6) is 0 Å². The molecule has 0 amide bonds. The first-order valence-corrected chi connectivity index (χ1v) is 10.9. The summed E-state index contributed by atoms with van der Waals surface area (Å²) in [6, 6.07) is 10.2. The lowest BCUT2D eigenvalue weighted by atomic mass is 10.1. The molecule has 0 atom stereocenters. The third-order valence-corrected chi connectivity index (χ3v) is 4.49. The van der Waals surface area contributed by atoms with Crippen molar-refractivity contribution in [2.45, 2.75) is 19.4 Å². The summed E-state index contributed by atoms with van der Waals surface area (Å²) in [7, 11) is 0. The molecule has 10 heteroatoms. The van der Waals surface area contributed by atoms with Crippen molar-refractivity contribution in [3.63, 3.8) is 0 Å². The van der Waals surface area contributed by atoms with Crippen LogP contribution in [0.25, 0.3) is 0 Å². The zero-order valence-electron chi connectivity index (χ0n) is 18.3. The van der Waals surface area contributed by atoms with Crippen molar-refractivity contribution in [1.29, 1.82) is 0 Å². The quantitative estimate of drug-likeness (QED) is 0.285. The molecule has 0 aliphatic heterocycles. The molecule has 0 unspecified atom stereocenters. The van der Waals surface area contributed by atoms with Gasteiger partial charge in [0.15, 0.2) is 0 Å². The fraction of sp³-hybridized carbons (Fsp3) is 0.455.